The van der Waals surface area contributed by atoms with E-state index in [9.17, 15) is 18.5 Å². The van der Waals surface area contributed by atoms with E-state index >= 15 is 0 Å². The largest absolute Gasteiger partial charge is 0.291 e. The van der Waals surface area contributed by atoms with Crippen LogP contribution >= 0.6 is 11.6 Å². The Hall–Kier alpha value is -2.13. The van der Waals surface area contributed by atoms with E-state index in [0.717, 1.165) is 12.1 Å². The Morgan fingerprint density at radius 3 is 2.68 bits per heavy atom. The van der Waals surface area contributed by atoms with Crippen LogP contribution in [0.25, 0.3) is 0 Å². The molecule has 19 heavy (non-hydrogen) atoms. The van der Waals surface area contributed by atoms with Crippen molar-refractivity contribution in [2.24, 2.45) is 0 Å². The lowest BCUT2D eigenvalue weighted by atomic mass is 10.3. The standard InChI is InChI=1S/C9H7ClN4O4S/c10-6-1-2-8(7(5-6)14(15)16)19(17,18)13-9-3-4-11-12-9/h1-5H,(H2,11,12,13). The molecular weight excluding hydrogens is 296 g/mol. The van der Waals surface area contributed by atoms with Crippen LogP contribution in [0.3, 0.4) is 0 Å². The molecule has 0 aliphatic heterocycles. The molecule has 2 N–H and O–H groups in total. The van der Waals surface area contributed by atoms with Crippen LogP contribution in [0.2, 0.25) is 5.02 Å². The Kier molecular flexibility index (Phi) is 3.40. The average Bonchev–Trinajstić information content (AvgIpc) is 2.80. The molecule has 1 aromatic carbocycles. The van der Waals surface area contributed by atoms with Gasteiger partial charge in [0.15, 0.2) is 4.90 Å². The molecule has 0 fully saturated rings. The second-order valence-corrected chi connectivity index (χ2v) is 5.53. The summed E-state index contributed by atoms with van der Waals surface area (Å²) in [5, 5.41) is 16.9. The number of benzene rings is 1. The lowest BCUT2D eigenvalue weighted by Gasteiger charge is -2.06. The number of hydrogen-bond acceptors (Lipinski definition) is 5. The van der Waals surface area contributed by atoms with E-state index in [1.807, 2.05) is 0 Å². The van der Waals surface area contributed by atoms with Crippen molar-refractivity contribution in [3.8, 4) is 0 Å². The lowest BCUT2D eigenvalue weighted by molar-refractivity contribution is -0.387. The van der Waals surface area contributed by atoms with Crippen molar-refractivity contribution in [3.05, 3.63) is 45.6 Å². The van der Waals surface area contributed by atoms with Gasteiger partial charge in [-0.2, -0.15) is 5.10 Å². The van der Waals surface area contributed by atoms with Crippen LogP contribution < -0.4 is 4.72 Å². The van der Waals surface area contributed by atoms with Gasteiger partial charge in [-0.15, -0.1) is 0 Å². The summed E-state index contributed by atoms with van der Waals surface area (Å²) < 4.78 is 26.2. The van der Waals surface area contributed by atoms with Crippen LogP contribution in [-0.4, -0.2) is 23.5 Å². The van der Waals surface area contributed by atoms with E-state index in [4.69, 9.17) is 11.6 Å². The van der Waals surface area contributed by atoms with Crippen molar-refractivity contribution >= 4 is 33.1 Å². The molecule has 10 heteroatoms. The third-order valence-electron chi connectivity index (χ3n) is 2.15. The van der Waals surface area contributed by atoms with E-state index in [1.165, 1.54) is 18.3 Å². The summed E-state index contributed by atoms with van der Waals surface area (Å²) in [6.45, 7) is 0. The van der Waals surface area contributed by atoms with Crippen LogP contribution in [0.4, 0.5) is 11.5 Å². The quantitative estimate of drug-likeness (QED) is 0.659. The van der Waals surface area contributed by atoms with Gasteiger partial charge in [-0.3, -0.25) is 19.9 Å². The van der Waals surface area contributed by atoms with Crippen molar-refractivity contribution in [1.29, 1.82) is 0 Å². The van der Waals surface area contributed by atoms with Gasteiger partial charge in [0, 0.05) is 17.2 Å². The van der Waals surface area contributed by atoms with Gasteiger partial charge in [0.1, 0.15) is 5.82 Å². The van der Waals surface area contributed by atoms with E-state index < -0.39 is 25.5 Å². The number of sulfonamides is 1. The molecule has 0 aliphatic rings. The highest BCUT2D eigenvalue weighted by atomic mass is 35.5. The first-order chi connectivity index (χ1) is 8.90. The van der Waals surface area contributed by atoms with Crippen molar-refractivity contribution in [3.63, 3.8) is 0 Å². The third kappa shape index (κ3) is 2.83. The Balaban J connectivity index is 2.49. The second-order valence-electron chi connectivity index (χ2n) is 3.44. The van der Waals surface area contributed by atoms with Crippen molar-refractivity contribution < 1.29 is 13.3 Å². The van der Waals surface area contributed by atoms with Gasteiger partial charge >= 0.3 is 0 Å². The first-order valence-electron chi connectivity index (χ1n) is 4.86. The van der Waals surface area contributed by atoms with Crippen molar-refractivity contribution in [2.75, 3.05) is 4.72 Å². The molecule has 0 atom stereocenters. The molecule has 1 heterocycles. The van der Waals surface area contributed by atoms with Gasteiger partial charge < -0.3 is 0 Å². The number of nitrogens with zero attached hydrogens (tertiary/aromatic N) is 2. The second kappa shape index (κ2) is 4.86. The van der Waals surface area contributed by atoms with Gasteiger partial charge in [-0.25, -0.2) is 8.42 Å². The summed E-state index contributed by atoms with van der Waals surface area (Å²) in [5.41, 5.74) is -0.598. The van der Waals surface area contributed by atoms with Gasteiger partial charge in [-0.1, -0.05) is 11.6 Å². The smallest absolute Gasteiger partial charge is 0.264 e. The number of hydrogen-bond donors (Lipinski definition) is 2. The van der Waals surface area contributed by atoms with Gasteiger partial charge in [0.2, 0.25) is 0 Å². The fraction of sp³-hybridized carbons (Fsp3) is 0. The zero-order chi connectivity index (χ0) is 14.0. The molecule has 1 aromatic heterocycles. The van der Waals surface area contributed by atoms with Crippen LogP contribution in [0.5, 0.6) is 0 Å². The number of halogens is 1. The summed E-state index contributed by atoms with van der Waals surface area (Å²) >= 11 is 5.62. The molecule has 0 spiro atoms. The van der Waals surface area contributed by atoms with Crippen molar-refractivity contribution in [2.45, 2.75) is 4.90 Å². The molecule has 8 nitrogen and oxygen atoms in total. The molecule has 0 bridgehead atoms. The number of anilines is 1. The highest BCUT2D eigenvalue weighted by Gasteiger charge is 2.26. The highest BCUT2D eigenvalue weighted by Crippen LogP contribution is 2.28. The maximum Gasteiger partial charge on any atom is 0.291 e. The predicted octanol–water partition coefficient (Wildman–Crippen LogP) is 1.77. The molecule has 100 valence electrons. The zero-order valence-electron chi connectivity index (χ0n) is 9.20. The van der Waals surface area contributed by atoms with Gasteiger partial charge in [0.05, 0.1) is 11.1 Å². The fourth-order valence-electron chi connectivity index (χ4n) is 1.37. The topological polar surface area (TPSA) is 118 Å². The summed E-state index contributed by atoms with van der Waals surface area (Å²) in [7, 11) is -4.10. The molecule has 2 aromatic rings. The van der Waals surface area contributed by atoms with Crippen LogP contribution in [-0.2, 0) is 10.0 Å². The number of rotatable bonds is 4. The van der Waals surface area contributed by atoms with Crippen LogP contribution in [0.15, 0.2) is 35.4 Å². The number of aromatic nitrogens is 2. The van der Waals surface area contributed by atoms with E-state index in [1.54, 1.807) is 0 Å². The molecule has 0 unspecified atom stereocenters. The molecule has 2 rings (SSSR count). The number of aromatic amines is 1. The number of nitro groups is 1. The highest BCUT2D eigenvalue weighted by molar-refractivity contribution is 7.92. The molecule has 0 saturated heterocycles. The summed E-state index contributed by atoms with van der Waals surface area (Å²) in [6.07, 6.45) is 1.34. The minimum absolute atomic E-state index is 0.0761. The van der Waals surface area contributed by atoms with E-state index in [2.05, 4.69) is 14.9 Å². The number of H-pyrrole nitrogens is 1. The summed E-state index contributed by atoms with van der Waals surface area (Å²) in [4.78, 5) is 9.57. The van der Waals surface area contributed by atoms with Gasteiger partial charge in [0.25, 0.3) is 15.7 Å². The maximum atomic E-state index is 12.0. The minimum Gasteiger partial charge on any atom is -0.264 e. The minimum atomic E-state index is -4.10. The Morgan fingerprint density at radius 1 is 1.37 bits per heavy atom. The molecule has 0 radical (unpaired) electrons. The first kappa shape index (κ1) is 13.3. The third-order valence-corrected chi connectivity index (χ3v) is 3.80. The maximum absolute atomic E-state index is 12.0. The lowest BCUT2D eigenvalue weighted by Crippen LogP contribution is -2.15. The molecular formula is C9H7ClN4O4S. The van der Waals surface area contributed by atoms with Crippen LogP contribution in [0, 0.1) is 10.1 Å². The summed E-state index contributed by atoms with van der Waals surface area (Å²) in [6, 6.07) is 4.68. The number of nitrogens with one attached hydrogen (secondary N) is 2. The van der Waals surface area contributed by atoms with Gasteiger partial charge in [-0.05, 0) is 12.1 Å². The molecule has 0 saturated carbocycles. The van der Waals surface area contributed by atoms with E-state index in [0.29, 0.717) is 0 Å². The molecule has 0 amide bonds. The normalized spacial score (nSPS) is 11.2. The number of nitro benzene ring substituents is 1. The zero-order valence-corrected chi connectivity index (χ0v) is 10.8. The fourth-order valence-corrected chi connectivity index (χ4v) is 2.71. The average molecular weight is 303 g/mol. The SMILES string of the molecule is O=[N+]([O-])c1cc(Cl)ccc1S(=O)(=O)Nc1ccn[nH]1. The first-order valence-corrected chi connectivity index (χ1v) is 6.72. The van der Waals surface area contributed by atoms with Crippen LogP contribution in [0.1, 0.15) is 0 Å². The Bertz CT molecular complexity index is 714. The monoisotopic (exact) mass is 302 g/mol. The van der Waals surface area contributed by atoms with E-state index in [-0.39, 0.29) is 10.8 Å². The predicted molar refractivity (Wildman–Crippen MR) is 67.5 cm³/mol. The Labute approximate surface area is 112 Å². The molecule has 0 aliphatic carbocycles. The summed E-state index contributed by atoms with van der Waals surface area (Å²) in [5.74, 6) is 0.101. The Morgan fingerprint density at radius 2 is 2.11 bits per heavy atom. The van der Waals surface area contributed by atoms with Crippen molar-refractivity contribution in [1.82, 2.24) is 10.2 Å².